The molecular formula is C15H27N3. The molecule has 1 heterocycles. The van der Waals surface area contributed by atoms with Crippen molar-refractivity contribution in [2.75, 3.05) is 7.05 Å². The second-order valence-corrected chi connectivity index (χ2v) is 5.89. The van der Waals surface area contributed by atoms with Crippen molar-refractivity contribution in [1.29, 1.82) is 0 Å². The molecule has 1 atom stereocenters. The molecule has 18 heavy (non-hydrogen) atoms. The van der Waals surface area contributed by atoms with E-state index in [-0.39, 0.29) is 0 Å². The average molecular weight is 249 g/mol. The third-order valence-corrected chi connectivity index (χ3v) is 4.25. The lowest BCUT2D eigenvalue weighted by Crippen LogP contribution is -2.38. The van der Waals surface area contributed by atoms with Crippen molar-refractivity contribution in [2.45, 2.75) is 64.5 Å². The van der Waals surface area contributed by atoms with Crippen LogP contribution < -0.4 is 5.32 Å². The van der Waals surface area contributed by atoms with Crippen LogP contribution in [0, 0.1) is 5.92 Å². The predicted molar refractivity (Wildman–Crippen MR) is 75.7 cm³/mol. The molecule has 1 aromatic rings. The van der Waals surface area contributed by atoms with Crippen molar-refractivity contribution < 1.29 is 0 Å². The lowest BCUT2D eigenvalue weighted by Gasteiger charge is -2.31. The van der Waals surface area contributed by atoms with Crippen LogP contribution in [0.15, 0.2) is 12.4 Å². The smallest absolute Gasteiger partial charge is 0.111 e. The Hall–Kier alpha value is -0.830. The number of nitrogens with zero attached hydrogens (tertiary/aromatic N) is 2. The fourth-order valence-corrected chi connectivity index (χ4v) is 3.20. The van der Waals surface area contributed by atoms with Crippen LogP contribution in [0.3, 0.4) is 0 Å². The standard InChI is InChI=1S/C15H27N3/c1-12(2)15-17-9-10-18(15)11-14(16-3)13-7-5-4-6-8-13/h9-10,12-14,16H,4-8,11H2,1-3H3. The van der Waals surface area contributed by atoms with Gasteiger partial charge < -0.3 is 9.88 Å². The predicted octanol–water partition coefficient (Wildman–Crippen LogP) is 3.17. The van der Waals surface area contributed by atoms with Gasteiger partial charge in [-0.15, -0.1) is 0 Å². The molecule has 3 nitrogen and oxygen atoms in total. The highest BCUT2D eigenvalue weighted by atomic mass is 15.1. The Bertz CT molecular complexity index is 350. The van der Waals surface area contributed by atoms with Crippen LogP contribution in [0.5, 0.6) is 0 Å². The topological polar surface area (TPSA) is 29.9 Å². The first-order chi connectivity index (χ1) is 8.72. The van der Waals surface area contributed by atoms with Gasteiger partial charge in [0, 0.05) is 30.9 Å². The highest BCUT2D eigenvalue weighted by Crippen LogP contribution is 2.27. The van der Waals surface area contributed by atoms with Gasteiger partial charge in [0.15, 0.2) is 0 Å². The van der Waals surface area contributed by atoms with Gasteiger partial charge in [-0.05, 0) is 25.8 Å². The van der Waals surface area contributed by atoms with Crippen LogP contribution >= 0.6 is 0 Å². The Kier molecular flexibility index (Phi) is 4.81. The van der Waals surface area contributed by atoms with Gasteiger partial charge in [0.25, 0.3) is 0 Å². The molecule has 1 aliphatic rings. The normalized spacial score (nSPS) is 19.3. The molecule has 102 valence electrons. The van der Waals surface area contributed by atoms with Crippen LogP contribution in [0.4, 0.5) is 0 Å². The molecule has 1 fully saturated rings. The third-order valence-electron chi connectivity index (χ3n) is 4.25. The van der Waals surface area contributed by atoms with E-state index in [0.29, 0.717) is 12.0 Å². The molecule has 0 aromatic carbocycles. The Morgan fingerprint density at radius 3 is 2.67 bits per heavy atom. The molecule has 1 N–H and O–H groups in total. The third kappa shape index (κ3) is 3.14. The maximum atomic E-state index is 4.48. The molecule has 3 heteroatoms. The van der Waals surface area contributed by atoms with E-state index >= 15 is 0 Å². The SMILES string of the molecule is CNC(Cn1ccnc1C(C)C)C1CCCCC1. The van der Waals surface area contributed by atoms with Crippen molar-refractivity contribution in [3.05, 3.63) is 18.2 Å². The molecule has 1 aliphatic carbocycles. The van der Waals surface area contributed by atoms with Gasteiger partial charge in [-0.2, -0.15) is 0 Å². The van der Waals surface area contributed by atoms with Crippen molar-refractivity contribution in [2.24, 2.45) is 5.92 Å². The van der Waals surface area contributed by atoms with Crippen molar-refractivity contribution >= 4 is 0 Å². The molecule has 2 rings (SSSR count). The monoisotopic (exact) mass is 249 g/mol. The molecular weight excluding hydrogens is 222 g/mol. The molecule has 1 aromatic heterocycles. The first-order valence-electron chi connectivity index (χ1n) is 7.40. The summed E-state index contributed by atoms with van der Waals surface area (Å²) in [4.78, 5) is 4.48. The first kappa shape index (κ1) is 13.6. The average Bonchev–Trinajstić information content (AvgIpc) is 2.85. The van der Waals surface area contributed by atoms with Crippen LogP contribution in [0.2, 0.25) is 0 Å². The molecule has 0 amide bonds. The van der Waals surface area contributed by atoms with Gasteiger partial charge in [-0.3, -0.25) is 0 Å². The second kappa shape index (κ2) is 6.37. The molecule has 1 unspecified atom stereocenters. The van der Waals surface area contributed by atoms with E-state index in [1.165, 1.54) is 37.9 Å². The van der Waals surface area contributed by atoms with Crippen LogP contribution in [0.25, 0.3) is 0 Å². The van der Waals surface area contributed by atoms with E-state index in [4.69, 9.17) is 0 Å². The summed E-state index contributed by atoms with van der Waals surface area (Å²) in [5.74, 6) is 2.56. The molecule has 0 aliphatic heterocycles. The van der Waals surface area contributed by atoms with E-state index in [0.717, 1.165) is 12.5 Å². The second-order valence-electron chi connectivity index (χ2n) is 5.89. The van der Waals surface area contributed by atoms with E-state index in [1.807, 2.05) is 6.20 Å². The number of rotatable bonds is 5. The van der Waals surface area contributed by atoms with Gasteiger partial charge >= 0.3 is 0 Å². The summed E-state index contributed by atoms with van der Waals surface area (Å²) in [5.41, 5.74) is 0. The number of hydrogen-bond acceptors (Lipinski definition) is 2. The van der Waals surface area contributed by atoms with E-state index in [1.54, 1.807) is 0 Å². The number of imidazole rings is 1. The Morgan fingerprint density at radius 1 is 1.33 bits per heavy atom. The summed E-state index contributed by atoms with van der Waals surface area (Å²) in [6.07, 6.45) is 11.1. The molecule has 0 radical (unpaired) electrons. The summed E-state index contributed by atoms with van der Waals surface area (Å²) in [6, 6.07) is 0.594. The Morgan fingerprint density at radius 2 is 2.06 bits per heavy atom. The summed E-state index contributed by atoms with van der Waals surface area (Å²) in [7, 11) is 2.10. The van der Waals surface area contributed by atoms with Crippen molar-refractivity contribution in [1.82, 2.24) is 14.9 Å². The number of aromatic nitrogens is 2. The Balaban J connectivity index is 2.02. The fraction of sp³-hybridized carbons (Fsp3) is 0.800. The van der Waals surface area contributed by atoms with Crippen molar-refractivity contribution in [3.8, 4) is 0 Å². The van der Waals surface area contributed by atoms with Gasteiger partial charge in [0.05, 0.1) is 0 Å². The van der Waals surface area contributed by atoms with Crippen LogP contribution in [-0.2, 0) is 6.54 Å². The number of likely N-dealkylation sites (N-methyl/N-ethyl adjacent to an activating group) is 1. The summed E-state index contributed by atoms with van der Waals surface area (Å²) in [6.45, 7) is 5.50. The maximum absolute atomic E-state index is 4.48. The molecule has 0 saturated heterocycles. The lowest BCUT2D eigenvalue weighted by molar-refractivity contribution is 0.255. The quantitative estimate of drug-likeness (QED) is 0.868. The largest absolute Gasteiger partial charge is 0.333 e. The summed E-state index contributed by atoms with van der Waals surface area (Å²) < 4.78 is 2.33. The summed E-state index contributed by atoms with van der Waals surface area (Å²) >= 11 is 0. The van der Waals surface area contributed by atoms with Crippen LogP contribution in [0.1, 0.15) is 57.7 Å². The van der Waals surface area contributed by atoms with E-state index in [9.17, 15) is 0 Å². The minimum absolute atomic E-state index is 0.504. The van der Waals surface area contributed by atoms with Crippen LogP contribution in [-0.4, -0.2) is 22.6 Å². The minimum Gasteiger partial charge on any atom is -0.333 e. The van der Waals surface area contributed by atoms with E-state index in [2.05, 4.69) is 42.0 Å². The highest BCUT2D eigenvalue weighted by Gasteiger charge is 2.23. The highest BCUT2D eigenvalue weighted by molar-refractivity contribution is 4.98. The molecule has 0 bridgehead atoms. The zero-order valence-electron chi connectivity index (χ0n) is 12.0. The van der Waals surface area contributed by atoms with Gasteiger partial charge in [-0.1, -0.05) is 33.1 Å². The number of nitrogens with one attached hydrogen (secondary N) is 1. The number of hydrogen-bond donors (Lipinski definition) is 1. The maximum Gasteiger partial charge on any atom is 0.111 e. The first-order valence-corrected chi connectivity index (χ1v) is 7.40. The van der Waals surface area contributed by atoms with Gasteiger partial charge in [0.2, 0.25) is 0 Å². The van der Waals surface area contributed by atoms with Gasteiger partial charge in [-0.25, -0.2) is 4.98 Å². The lowest BCUT2D eigenvalue weighted by atomic mass is 9.84. The minimum atomic E-state index is 0.504. The van der Waals surface area contributed by atoms with Crippen molar-refractivity contribution in [3.63, 3.8) is 0 Å². The molecule has 1 saturated carbocycles. The van der Waals surface area contributed by atoms with E-state index < -0.39 is 0 Å². The fourth-order valence-electron chi connectivity index (χ4n) is 3.20. The Labute approximate surface area is 111 Å². The zero-order valence-corrected chi connectivity index (χ0v) is 12.0. The molecule has 0 spiro atoms. The zero-order chi connectivity index (χ0) is 13.0. The summed E-state index contributed by atoms with van der Waals surface area (Å²) in [5, 5.41) is 3.53. The van der Waals surface area contributed by atoms with Gasteiger partial charge in [0.1, 0.15) is 5.82 Å².